The Morgan fingerprint density at radius 1 is 0.900 bits per heavy atom. The molecule has 0 aliphatic carbocycles. The Morgan fingerprint density at radius 3 is 2.45 bits per heavy atom. The molecule has 1 aliphatic rings. The van der Waals surface area contributed by atoms with Gasteiger partial charge in [-0.3, -0.25) is 9.79 Å². The summed E-state index contributed by atoms with van der Waals surface area (Å²) in [5, 5.41) is 4.47. The third kappa shape index (κ3) is 2.01. The zero-order valence-corrected chi connectivity index (χ0v) is 13.3. The van der Waals surface area contributed by atoms with Gasteiger partial charge in [-0.15, -0.1) is 0 Å². The number of fused-ring (bicyclic) bond motifs is 4. The molecule has 3 aromatic carbocycles. The molecule has 2 nitrogen and oxygen atoms in total. The predicted octanol–water partition coefficient (Wildman–Crippen LogP) is 3.90. The van der Waals surface area contributed by atoms with Crippen LogP contribution in [0.4, 0.5) is 5.69 Å². The van der Waals surface area contributed by atoms with Gasteiger partial charge in [-0.2, -0.15) is 0 Å². The predicted molar refractivity (Wildman–Crippen MR) is 84.3 cm³/mol. The van der Waals surface area contributed by atoms with Crippen molar-refractivity contribution in [3.63, 3.8) is 0 Å². The van der Waals surface area contributed by atoms with E-state index in [2.05, 4.69) is 29.3 Å². The average molecular weight is 268 g/mol. The van der Waals surface area contributed by atoms with Gasteiger partial charge in [0.15, 0.2) is 5.78 Å². The van der Waals surface area contributed by atoms with Crippen LogP contribution in [0.25, 0.3) is 21.5 Å². The van der Waals surface area contributed by atoms with E-state index in [4.69, 9.17) is 0 Å². The summed E-state index contributed by atoms with van der Waals surface area (Å²) in [4.78, 5) is 16.5. The molecule has 0 aromatic heterocycles. The first-order chi connectivity index (χ1) is 9.33. The van der Waals surface area contributed by atoms with Gasteiger partial charge < -0.3 is 0 Å². The summed E-state index contributed by atoms with van der Waals surface area (Å²) in [6.07, 6.45) is 2.09. The Morgan fingerprint density at radius 2 is 1.65 bits per heavy atom. The quantitative estimate of drug-likeness (QED) is 0.449. The van der Waals surface area contributed by atoms with Crippen LogP contribution in [0, 0.1) is 0 Å². The Kier molecular flexibility index (Phi) is 3.47. The maximum atomic E-state index is 12.1. The first-order valence-corrected chi connectivity index (χ1v) is 6.34. The number of aliphatic imine (C=N–C) groups is 1. The van der Waals surface area contributed by atoms with Crippen molar-refractivity contribution < 1.29 is 4.79 Å². The Bertz CT molecular complexity index is 867. The first kappa shape index (κ1) is 13.5. The third-order valence-electron chi connectivity index (χ3n) is 3.65. The first-order valence-electron chi connectivity index (χ1n) is 6.34. The van der Waals surface area contributed by atoms with Crippen molar-refractivity contribution in [2.24, 2.45) is 4.99 Å². The molecule has 0 bridgehead atoms. The van der Waals surface area contributed by atoms with Crippen LogP contribution in [-0.4, -0.2) is 41.6 Å². The second-order valence-corrected chi connectivity index (χ2v) is 4.82. The molecule has 91 valence electrons. The monoisotopic (exact) mass is 268 g/mol. The Labute approximate surface area is 138 Å². The number of rotatable bonds is 0. The van der Waals surface area contributed by atoms with Crippen molar-refractivity contribution in [3.05, 3.63) is 54.1 Å². The van der Waals surface area contributed by atoms with Gasteiger partial charge in [0, 0.05) is 42.2 Å². The Hall–Kier alpha value is -1.48. The van der Waals surface area contributed by atoms with Crippen LogP contribution in [0.15, 0.2) is 53.5 Å². The van der Waals surface area contributed by atoms with Crippen LogP contribution >= 0.6 is 0 Å². The van der Waals surface area contributed by atoms with E-state index in [1.54, 1.807) is 6.21 Å². The number of hydrogen-bond donors (Lipinski definition) is 0. The number of ketones is 1. The number of nitrogens with zero attached hydrogens (tertiary/aromatic N) is 1. The van der Waals surface area contributed by atoms with Crippen LogP contribution in [0.3, 0.4) is 0 Å². The van der Waals surface area contributed by atoms with Gasteiger partial charge in [0.1, 0.15) is 0 Å². The van der Waals surface area contributed by atoms with E-state index in [9.17, 15) is 4.79 Å². The maximum Gasteiger partial charge on any atom is 0.170 e. The minimum atomic E-state index is 0. The molecule has 0 fully saturated rings. The van der Waals surface area contributed by atoms with Crippen LogP contribution in [0.2, 0.25) is 0 Å². The van der Waals surface area contributed by atoms with Gasteiger partial charge in [0.05, 0.1) is 11.3 Å². The summed E-state index contributed by atoms with van der Waals surface area (Å²) in [5.74, 6) is 0.158. The van der Waals surface area contributed by atoms with Crippen LogP contribution in [0.1, 0.15) is 16.8 Å². The molecule has 0 unspecified atom stereocenters. The fourth-order valence-corrected chi connectivity index (χ4v) is 2.73. The van der Waals surface area contributed by atoms with Crippen molar-refractivity contribution in [1.82, 2.24) is 0 Å². The molecule has 0 saturated heterocycles. The largest absolute Gasteiger partial charge is 0.294 e. The van der Waals surface area contributed by atoms with E-state index >= 15 is 0 Å². The molecule has 4 rings (SSSR count). The number of Topliss-reactive ketones (excluding diaryl/α,β-unsaturated/α-hetero) is 1. The normalized spacial score (nSPS) is 13.3. The number of carbonyl (C=O) groups excluding carboxylic acids is 1. The van der Waals surface area contributed by atoms with Crippen molar-refractivity contribution >= 4 is 68.8 Å². The fraction of sp³-hybridized carbons (Fsp3) is 0.0588. The van der Waals surface area contributed by atoms with Crippen molar-refractivity contribution in [1.29, 1.82) is 0 Å². The smallest absolute Gasteiger partial charge is 0.170 e. The molecule has 0 spiro atoms. The van der Waals surface area contributed by atoms with Crippen LogP contribution in [0.5, 0.6) is 0 Å². The number of carbonyl (C=O) groups is 1. The minimum absolute atomic E-state index is 0. The van der Waals surface area contributed by atoms with E-state index in [0.29, 0.717) is 6.42 Å². The zero-order valence-electron chi connectivity index (χ0n) is 11.3. The molecule has 20 heavy (non-hydrogen) atoms. The summed E-state index contributed by atoms with van der Waals surface area (Å²) in [6, 6.07) is 16.4. The van der Waals surface area contributed by atoms with Crippen molar-refractivity contribution in [2.45, 2.75) is 6.42 Å². The van der Waals surface area contributed by atoms with Gasteiger partial charge >= 0.3 is 0 Å². The molecule has 1 aliphatic heterocycles. The maximum absolute atomic E-state index is 12.1. The minimum Gasteiger partial charge on any atom is -0.294 e. The second kappa shape index (κ2) is 5.13. The molecular weight excluding hydrogens is 257 g/mol. The molecule has 3 heteroatoms. The third-order valence-corrected chi connectivity index (χ3v) is 3.65. The van der Waals surface area contributed by atoms with Crippen LogP contribution in [-0.2, 0) is 0 Å². The van der Waals surface area contributed by atoms with Gasteiger partial charge in [0.2, 0.25) is 0 Å². The summed E-state index contributed by atoms with van der Waals surface area (Å²) in [5.41, 5.74) is 1.56. The van der Waals surface area contributed by atoms with Gasteiger partial charge in [-0.05, 0) is 39.7 Å². The summed E-state index contributed by atoms with van der Waals surface area (Å²) in [7, 11) is 0. The van der Waals surface area contributed by atoms with E-state index in [1.165, 1.54) is 5.39 Å². The molecule has 1 radical (unpaired) electrons. The standard InChI is InChI=1S/C17H11NO.Na/c19-16-7-8-18-15-6-5-13-9-11-3-1-2-4-12(11)10-14(13)17(15)16;/h1-6,8-10H,7H2;. The van der Waals surface area contributed by atoms with Gasteiger partial charge in [-0.25, -0.2) is 0 Å². The summed E-state index contributed by atoms with van der Waals surface area (Å²) >= 11 is 0. The zero-order chi connectivity index (χ0) is 12.8. The van der Waals surface area contributed by atoms with E-state index in [0.717, 1.165) is 27.4 Å². The SMILES string of the molecule is O=C1CC=Nc2ccc3cc4ccccc4cc3c21.[Na]. The van der Waals surface area contributed by atoms with Crippen molar-refractivity contribution in [2.75, 3.05) is 0 Å². The second-order valence-electron chi connectivity index (χ2n) is 4.82. The van der Waals surface area contributed by atoms with Gasteiger partial charge in [0.25, 0.3) is 0 Å². The molecule has 0 amide bonds. The topological polar surface area (TPSA) is 29.4 Å². The Balaban J connectivity index is 0.00000121. The fourth-order valence-electron chi connectivity index (χ4n) is 2.73. The molecule has 0 atom stereocenters. The summed E-state index contributed by atoms with van der Waals surface area (Å²) < 4.78 is 0. The van der Waals surface area contributed by atoms with E-state index in [1.807, 2.05) is 24.3 Å². The van der Waals surface area contributed by atoms with Crippen LogP contribution < -0.4 is 0 Å². The summed E-state index contributed by atoms with van der Waals surface area (Å²) in [6.45, 7) is 0. The molecular formula is C17H11NNaO. The number of benzene rings is 3. The van der Waals surface area contributed by atoms with E-state index < -0.39 is 0 Å². The molecule has 3 aromatic rings. The average Bonchev–Trinajstić information content (AvgIpc) is 2.45. The molecule has 0 saturated carbocycles. The molecule has 1 heterocycles. The molecule has 0 N–H and O–H groups in total. The number of hydrogen-bond acceptors (Lipinski definition) is 2. The van der Waals surface area contributed by atoms with E-state index in [-0.39, 0.29) is 35.3 Å². The van der Waals surface area contributed by atoms with Gasteiger partial charge in [-0.1, -0.05) is 30.3 Å². The van der Waals surface area contributed by atoms with Crippen molar-refractivity contribution in [3.8, 4) is 0 Å².